The molecule has 0 bridgehead atoms. The van der Waals surface area contributed by atoms with Gasteiger partial charge < -0.3 is 10.4 Å². The van der Waals surface area contributed by atoms with Crippen molar-refractivity contribution >= 4 is 28.2 Å². The molecular formula is C21H14N4O2. The second kappa shape index (κ2) is 7.02. The third kappa shape index (κ3) is 3.48. The number of hydrogen-bond acceptors (Lipinski definition) is 4. The van der Waals surface area contributed by atoms with E-state index in [1.54, 1.807) is 30.5 Å². The van der Waals surface area contributed by atoms with Crippen LogP contribution in [0.4, 0.5) is 11.4 Å². The Bertz CT molecular complexity index is 1190. The van der Waals surface area contributed by atoms with Gasteiger partial charge in [0, 0.05) is 17.3 Å². The van der Waals surface area contributed by atoms with Crippen LogP contribution in [0, 0.1) is 11.8 Å². The van der Waals surface area contributed by atoms with Gasteiger partial charge in [0.15, 0.2) is 0 Å². The quantitative estimate of drug-likeness (QED) is 0.487. The number of carboxylic acid groups (broad SMARTS) is 1. The summed E-state index contributed by atoms with van der Waals surface area (Å²) in [4.78, 5) is 15.5. The molecule has 0 radical (unpaired) electrons. The van der Waals surface area contributed by atoms with Crippen molar-refractivity contribution < 1.29 is 9.90 Å². The van der Waals surface area contributed by atoms with Crippen LogP contribution in [0.5, 0.6) is 0 Å². The summed E-state index contributed by atoms with van der Waals surface area (Å²) < 4.78 is 0. The van der Waals surface area contributed by atoms with E-state index in [1.807, 2.05) is 36.4 Å². The molecule has 6 nitrogen and oxygen atoms in total. The number of nitrogens with one attached hydrogen (secondary N) is 2. The van der Waals surface area contributed by atoms with Gasteiger partial charge in [0.25, 0.3) is 0 Å². The molecule has 2 heterocycles. The molecule has 3 N–H and O–H groups in total. The highest BCUT2D eigenvalue weighted by Gasteiger charge is 2.10. The van der Waals surface area contributed by atoms with E-state index in [1.165, 1.54) is 0 Å². The number of benzene rings is 2. The third-order valence-electron chi connectivity index (χ3n) is 3.97. The van der Waals surface area contributed by atoms with Crippen LogP contribution in [0.15, 0.2) is 66.9 Å². The standard InChI is InChI=1S/C21H14N4O2/c26-21(27)17-6-1-2-7-18(17)23-15-8-10-16-19(24-25-20(16)13-15)11-9-14-5-3-4-12-22-14/h1-8,10,12-13,23H,(H,24,25)(H,26,27). The van der Waals surface area contributed by atoms with Gasteiger partial charge >= 0.3 is 5.97 Å². The Hall–Kier alpha value is -4.11. The number of fused-ring (bicyclic) bond motifs is 1. The van der Waals surface area contributed by atoms with E-state index < -0.39 is 5.97 Å². The summed E-state index contributed by atoms with van der Waals surface area (Å²) in [5.74, 6) is 5.03. The maximum Gasteiger partial charge on any atom is 0.337 e. The number of para-hydroxylation sites is 1. The van der Waals surface area contributed by atoms with Crippen molar-refractivity contribution in [3.63, 3.8) is 0 Å². The average molecular weight is 354 g/mol. The SMILES string of the molecule is O=C(O)c1ccccc1Nc1ccc2c(C#Cc3ccccn3)n[nH]c2c1. The summed E-state index contributed by atoms with van der Waals surface area (Å²) in [6, 6.07) is 18.0. The van der Waals surface area contributed by atoms with Crippen molar-refractivity contribution in [1.29, 1.82) is 0 Å². The molecule has 4 aromatic rings. The lowest BCUT2D eigenvalue weighted by Crippen LogP contribution is -2.02. The molecule has 27 heavy (non-hydrogen) atoms. The van der Waals surface area contributed by atoms with Gasteiger partial charge in [-0.15, -0.1) is 0 Å². The zero-order valence-electron chi connectivity index (χ0n) is 14.1. The minimum Gasteiger partial charge on any atom is -0.478 e. The van der Waals surface area contributed by atoms with Crippen LogP contribution in [0.2, 0.25) is 0 Å². The molecule has 0 aliphatic heterocycles. The van der Waals surface area contributed by atoms with E-state index in [-0.39, 0.29) is 5.56 Å². The van der Waals surface area contributed by atoms with E-state index in [0.717, 1.165) is 16.6 Å². The molecular weight excluding hydrogens is 340 g/mol. The molecule has 0 fully saturated rings. The maximum absolute atomic E-state index is 11.3. The molecule has 0 saturated heterocycles. The summed E-state index contributed by atoms with van der Waals surface area (Å²) in [5, 5.41) is 20.5. The molecule has 130 valence electrons. The van der Waals surface area contributed by atoms with Crippen LogP contribution in [0.1, 0.15) is 21.7 Å². The lowest BCUT2D eigenvalue weighted by Gasteiger charge is -2.09. The Morgan fingerprint density at radius 3 is 2.70 bits per heavy atom. The summed E-state index contributed by atoms with van der Waals surface area (Å²) in [6.07, 6.45) is 1.69. The summed E-state index contributed by atoms with van der Waals surface area (Å²) >= 11 is 0. The molecule has 6 heteroatoms. The van der Waals surface area contributed by atoms with Crippen LogP contribution in [-0.2, 0) is 0 Å². The number of aromatic carboxylic acids is 1. The van der Waals surface area contributed by atoms with Crippen molar-refractivity contribution in [3.05, 3.63) is 83.8 Å². The summed E-state index contributed by atoms with van der Waals surface area (Å²) in [5.41, 5.74) is 3.61. The average Bonchev–Trinajstić information content (AvgIpc) is 3.10. The molecule has 0 amide bonds. The van der Waals surface area contributed by atoms with Crippen LogP contribution >= 0.6 is 0 Å². The van der Waals surface area contributed by atoms with Crippen LogP contribution in [0.25, 0.3) is 10.9 Å². The monoisotopic (exact) mass is 354 g/mol. The first kappa shape index (κ1) is 16.4. The second-order valence-electron chi connectivity index (χ2n) is 5.77. The number of aromatic nitrogens is 3. The number of pyridine rings is 1. The van der Waals surface area contributed by atoms with Gasteiger partial charge in [0.1, 0.15) is 11.4 Å². The molecule has 0 aliphatic rings. The minimum atomic E-state index is -0.979. The minimum absolute atomic E-state index is 0.212. The Morgan fingerprint density at radius 1 is 1.04 bits per heavy atom. The van der Waals surface area contributed by atoms with Crippen molar-refractivity contribution in [2.45, 2.75) is 0 Å². The zero-order chi connectivity index (χ0) is 18.6. The molecule has 2 aromatic heterocycles. The molecule has 0 spiro atoms. The first-order chi connectivity index (χ1) is 13.2. The number of H-pyrrole nitrogens is 1. The lowest BCUT2D eigenvalue weighted by atomic mass is 10.1. The number of anilines is 2. The van der Waals surface area contributed by atoms with Crippen LogP contribution in [0.3, 0.4) is 0 Å². The van der Waals surface area contributed by atoms with Gasteiger partial charge in [-0.2, -0.15) is 5.10 Å². The molecule has 0 saturated carbocycles. The topological polar surface area (TPSA) is 90.9 Å². The fourth-order valence-corrected chi connectivity index (χ4v) is 2.69. The first-order valence-electron chi connectivity index (χ1n) is 8.21. The van der Waals surface area contributed by atoms with Crippen LogP contribution < -0.4 is 5.32 Å². The molecule has 2 aromatic carbocycles. The van der Waals surface area contributed by atoms with Crippen molar-refractivity contribution in [3.8, 4) is 11.8 Å². The molecule has 0 unspecified atom stereocenters. The van der Waals surface area contributed by atoms with Gasteiger partial charge in [-0.3, -0.25) is 5.10 Å². The predicted octanol–water partition coefficient (Wildman–Crippen LogP) is 3.80. The Labute approximate surface area is 154 Å². The molecule has 0 atom stereocenters. The fourth-order valence-electron chi connectivity index (χ4n) is 2.69. The number of hydrogen-bond donors (Lipinski definition) is 3. The lowest BCUT2D eigenvalue weighted by molar-refractivity contribution is 0.0698. The van der Waals surface area contributed by atoms with Gasteiger partial charge in [-0.05, 0) is 54.3 Å². The highest BCUT2D eigenvalue weighted by molar-refractivity contribution is 5.95. The smallest absolute Gasteiger partial charge is 0.337 e. The number of carbonyl (C=O) groups is 1. The number of carboxylic acids is 1. The van der Waals surface area contributed by atoms with Crippen molar-refractivity contribution in [1.82, 2.24) is 15.2 Å². The number of aromatic amines is 1. The predicted molar refractivity (Wildman–Crippen MR) is 103 cm³/mol. The van der Waals surface area contributed by atoms with E-state index in [9.17, 15) is 9.90 Å². The fraction of sp³-hybridized carbons (Fsp3) is 0. The van der Waals surface area contributed by atoms with E-state index in [4.69, 9.17) is 0 Å². The maximum atomic E-state index is 11.3. The molecule has 0 aliphatic carbocycles. The van der Waals surface area contributed by atoms with Crippen molar-refractivity contribution in [2.24, 2.45) is 0 Å². The summed E-state index contributed by atoms with van der Waals surface area (Å²) in [7, 11) is 0. The van der Waals surface area contributed by atoms with Gasteiger partial charge in [-0.1, -0.05) is 18.2 Å². The van der Waals surface area contributed by atoms with Crippen LogP contribution in [-0.4, -0.2) is 26.3 Å². The third-order valence-corrected chi connectivity index (χ3v) is 3.97. The summed E-state index contributed by atoms with van der Waals surface area (Å²) in [6.45, 7) is 0. The Balaban J connectivity index is 1.64. The second-order valence-corrected chi connectivity index (χ2v) is 5.77. The zero-order valence-corrected chi connectivity index (χ0v) is 14.1. The highest BCUT2D eigenvalue weighted by atomic mass is 16.4. The molecule has 4 rings (SSSR count). The van der Waals surface area contributed by atoms with Gasteiger partial charge in [-0.25, -0.2) is 9.78 Å². The van der Waals surface area contributed by atoms with Gasteiger partial charge in [0.05, 0.1) is 16.8 Å². The van der Waals surface area contributed by atoms with E-state index >= 15 is 0 Å². The number of nitrogens with zero attached hydrogens (tertiary/aromatic N) is 2. The first-order valence-corrected chi connectivity index (χ1v) is 8.21. The normalized spacial score (nSPS) is 10.2. The highest BCUT2D eigenvalue weighted by Crippen LogP contribution is 2.25. The Kier molecular flexibility index (Phi) is 4.25. The van der Waals surface area contributed by atoms with E-state index in [0.29, 0.717) is 17.1 Å². The number of rotatable bonds is 3. The van der Waals surface area contributed by atoms with E-state index in [2.05, 4.69) is 32.3 Å². The Morgan fingerprint density at radius 2 is 1.89 bits per heavy atom. The van der Waals surface area contributed by atoms with Gasteiger partial charge in [0.2, 0.25) is 0 Å². The van der Waals surface area contributed by atoms with Crippen molar-refractivity contribution in [2.75, 3.05) is 5.32 Å². The largest absolute Gasteiger partial charge is 0.478 e.